The Balaban J connectivity index is 2.38. The van der Waals surface area contributed by atoms with Gasteiger partial charge >= 0.3 is 5.97 Å². The molecule has 6 nitrogen and oxygen atoms in total. The molecular formula is C17H24N2O4S. The topological polar surface area (TPSA) is 77.9 Å². The molecule has 0 saturated carbocycles. The predicted molar refractivity (Wildman–Crippen MR) is 93.6 cm³/mol. The fraction of sp³-hybridized carbons (Fsp3) is 0.471. The molecule has 1 fully saturated rings. The van der Waals surface area contributed by atoms with E-state index in [9.17, 15) is 18.3 Å². The van der Waals surface area contributed by atoms with Crippen LogP contribution in [0.1, 0.15) is 35.7 Å². The van der Waals surface area contributed by atoms with Crippen LogP contribution in [-0.4, -0.2) is 61.9 Å². The zero-order valence-corrected chi connectivity index (χ0v) is 14.9. The van der Waals surface area contributed by atoms with Crippen molar-refractivity contribution in [3.63, 3.8) is 0 Å². The molecule has 1 saturated heterocycles. The van der Waals surface area contributed by atoms with Gasteiger partial charge in [-0.15, -0.1) is 0 Å². The number of aromatic carboxylic acids is 1. The summed E-state index contributed by atoms with van der Waals surface area (Å²) in [5, 5.41) is 9.28. The SMILES string of the molecule is CCCC=Cc1cc(C(=O)O)cc(S(=O)(=O)N2CCN(C)CC2)c1. The lowest BCUT2D eigenvalue weighted by atomic mass is 10.1. The highest BCUT2D eigenvalue weighted by Crippen LogP contribution is 2.22. The molecule has 132 valence electrons. The number of carboxylic acids is 1. The predicted octanol–water partition coefficient (Wildman–Crippen LogP) is 2.13. The van der Waals surface area contributed by atoms with E-state index in [4.69, 9.17) is 0 Å². The van der Waals surface area contributed by atoms with Crippen LogP contribution < -0.4 is 0 Å². The number of benzene rings is 1. The quantitative estimate of drug-likeness (QED) is 0.849. The number of hydrogen-bond donors (Lipinski definition) is 1. The minimum absolute atomic E-state index is 0.0126. The molecule has 1 aliphatic heterocycles. The Hall–Kier alpha value is -1.70. The summed E-state index contributed by atoms with van der Waals surface area (Å²) in [7, 11) is -1.74. The van der Waals surface area contributed by atoms with E-state index in [2.05, 4.69) is 4.90 Å². The zero-order chi connectivity index (χ0) is 17.7. The minimum Gasteiger partial charge on any atom is -0.478 e. The Morgan fingerprint density at radius 3 is 2.46 bits per heavy atom. The molecule has 24 heavy (non-hydrogen) atoms. The average molecular weight is 352 g/mol. The van der Waals surface area contributed by atoms with E-state index in [1.165, 1.54) is 16.4 Å². The van der Waals surface area contributed by atoms with Gasteiger partial charge in [0.05, 0.1) is 10.5 Å². The summed E-state index contributed by atoms with van der Waals surface area (Å²) in [5.41, 5.74) is 0.581. The van der Waals surface area contributed by atoms with Gasteiger partial charge in [0.25, 0.3) is 0 Å². The van der Waals surface area contributed by atoms with Crippen molar-refractivity contribution in [2.24, 2.45) is 0 Å². The Kier molecular flexibility index (Phi) is 6.15. The van der Waals surface area contributed by atoms with Gasteiger partial charge in [-0.05, 0) is 37.2 Å². The smallest absolute Gasteiger partial charge is 0.335 e. The first-order valence-corrected chi connectivity index (χ1v) is 9.52. The zero-order valence-electron chi connectivity index (χ0n) is 14.1. The van der Waals surface area contributed by atoms with Gasteiger partial charge in [-0.1, -0.05) is 25.5 Å². The van der Waals surface area contributed by atoms with E-state index in [0.717, 1.165) is 12.8 Å². The standard InChI is InChI=1S/C17H24N2O4S/c1-3-4-5-6-14-11-15(17(20)21)13-16(12-14)24(22,23)19-9-7-18(2)8-10-19/h5-6,11-13H,3-4,7-10H2,1-2H3,(H,20,21). The molecule has 0 aromatic heterocycles. The number of nitrogens with zero attached hydrogens (tertiary/aromatic N) is 2. The Morgan fingerprint density at radius 1 is 1.21 bits per heavy atom. The summed E-state index contributed by atoms with van der Waals surface area (Å²) in [6.07, 6.45) is 5.53. The van der Waals surface area contributed by atoms with Crippen molar-refractivity contribution in [1.82, 2.24) is 9.21 Å². The van der Waals surface area contributed by atoms with Crippen LogP contribution in [0.4, 0.5) is 0 Å². The highest BCUT2D eigenvalue weighted by Gasteiger charge is 2.28. The van der Waals surface area contributed by atoms with Crippen LogP contribution in [0.25, 0.3) is 6.08 Å². The number of hydrogen-bond acceptors (Lipinski definition) is 4. The summed E-state index contributed by atoms with van der Waals surface area (Å²) in [6, 6.07) is 4.29. The molecule has 1 aromatic carbocycles. The number of carboxylic acid groups (broad SMARTS) is 1. The van der Waals surface area contributed by atoms with Gasteiger partial charge in [-0.2, -0.15) is 4.31 Å². The molecular weight excluding hydrogens is 328 g/mol. The third kappa shape index (κ3) is 4.43. The summed E-state index contributed by atoms with van der Waals surface area (Å²) < 4.78 is 27.1. The van der Waals surface area contributed by atoms with E-state index >= 15 is 0 Å². The van der Waals surface area contributed by atoms with Crippen LogP contribution in [0.5, 0.6) is 0 Å². The van der Waals surface area contributed by atoms with Gasteiger partial charge < -0.3 is 10.0 Å². The van der Waals surface area contributed by atoms with Gasteiger partial charge in [-0.3, -0.25) is 0 Å². The van der Waals surface area contributed by atoms with Crippen LogP contribution in [0.15, 0.2) is 29.2 Å². The van der Waals surface area contributed by atoms with Gasteiger partial charge in [0.2, 0.25) is 10.0 Å². The molecule has 1 aromatic rings. The van der Waals surface area contributed by atoms with Gasteiger partial charge in [0, 0.05) is 26.2 Å². The molecule has 0 radical (unpaired) electrons. The molecule has 0 bridgehead atoms. The summed E-state index contributed by atoms with van der Waals surface area (Å²) in [6.45, 7) is 4.21. The molecule has 1 aliphatic rings. The van der Waals surface area contributed by atoms with Crippen LogP contribution in [0.3, 0.4) is 0 Å². The lowest BCUT2D eigenvalue weighted by Crippen LogP contribution is -2.47. The second-order valence-corrected chi connectivity index (χ2v) is 7.93. The number of rotatable bonds is 6. The van der Waals surface area contributed by atoms with Crippen molar-refractivity contribution in [3.05, 3.63) is 35.4 Å². The second kappa shape index (κ2) is 7.92. The van der Waals surface area contributed by atoms with Gasteiger partial charge in [-0.25, -0.2) is 13.2 Å². The Bertz CT molecular complexity index is 720. The molecule has 0 atom stereocenters. The first kappa shape index (κ1) is 18.6. The van der Waals surface area contributed by atoms with Crippen molar-refractivity contribution in [2.45, 2.75) is 24.7 Å². The lowest BCUT2D eigenvalue weighted by Gasteiger charge is -2.31. The maximum atomic E-state index is 12.8. The van der Waals surface area contributed by atoms with E-state index in [1.807, 2.05) is 20.0 Å². The summed E-state index contributed by atoms with van der Waals surface area (Å²) in [4.78, 5) is 13.5. The number of allylic oxidation sites excluding steroid dienone is 1. The first-order chi connectivity index (χ1) is 11.3. The van der Waals surface area contributed by atoms with E-state index in [0.29, 0.717) is 31.7 Å². The highest BCUT2D eigenvalue weighted by atomic mass is 32.2. The summed E-state index contributed by atoms with van der Waals surface area (Å²) in [5.74, 6) is -1.13. The first-order valence-electron chi connectivity index (χ1n) is 8.08. The number of carbonyl (C=O) groups is 1. The van der Waals surface area contributed by atoms with Crippen molar-refractivity contribution in [3.8, 4) is 0 Å². The van der Waals surface area contributed by atoms with Crippen LogP contribution in [0, 0.1) is 0 Å². The molecule has 1 N–H and O–H groups in total. The highest BCUT2D eigenvalue weighted by molar-refractivity contribution is 7.89. The molecule has 1 heterocycles. The van der Waals surface area contributed by atoms with Gasteiger partial charge in [0.1, 0.15) is 0 Å². The molecule has 7 heteroatoms. The molecule has 2 rings (SSSR count). The van der Waals surface area contributed by atoms with E-state index in [1.54, 1.807) is 12.1 Å². The van der Waals surface area contributed by atoms with Crippen molar-refractivity contribution < 1.29 is 18.3 Å². The number of piperazine rings is 1. The fourth-order valence-corrected chi connectivity index (χ4v) is 4.06. The minimum atomic E-state index is -3.69. The van der Waals surface area contributed by atoms with Crippen LogP contribution >= 0.6 is 0 Å². The summed E-state index contributed by atoms with van der Waals surface area (Å²) >= 11 is 0. The van der Waals surface area contributed by atoms with Gasteiger partial charge in [0.15, 0.2) is 0 Å². The van der Waals surface area contributed by atoms with Crippen molar-refractivity contribution in [1.29, 1.82) is 0 Å². The number of likely N-dealkylation sites (N-methyl/N-ethyl adjacent to an activating group) is 1. The number of unbranched alkanes of at least 4 members (excludes halogenated alkanes) is 1. The average Bonchev–Trinajstić information content (AvgIpc) is 2.55. The van der Waals surface area contributed by atoms with Crippen LogP contribution in [-0.2, 0) is 10.0 Å². The molecule has 0 unspecified atom stereocenters. The molecule has 0 amide bonds. The maximum absolute atomic E-state index is 12.8. The largest absolute Gasteiger partial charge is 0.478 e. The number of sulfonamides is 1. The van der Waals surface area contributed by atoms with Crippen LogP contribution in [0.2, 0.25) is 0 Å². The Labute approximate surface area is 143 Å². The monoisotopic (exact) mass is 352 g/mol. The molecule has 0 spiro atoms. The van der Waals surface area contributed by atoms with E-state index < -0.39 is 16.0 Å². The maximum Gasteiger partial charge on any atom is 0.335 e. The molecule has 0 aliphatic carbocycles. The fourth-order valence-electron chi connectivity index (χ4n) is 2.55. The third-order valence-corrected chi connectivity index (χ3v) is 5.92. The van der Waals surface area contributed by atoms with E-state index in [-0.39, 0.29) is 10.5 Å². The third-order valence-electron chi connectivity index (χ3n) is 4.04. The second-order valence-electron chi connectivity index (χ2n) is 5.99. The van der Waals surface area contributed by atoms with Crippen molar-refractivity contribution >= 4 is 22.1 Å². The normalized spacial score (nSPS) is 17.4. The lowest BCUT2D eigenvalue weighted by molar-refractivity contribution is 0.0696. The Morgan fingerprint density at radius 2 is 1.88 bits per heavy atom. The van der Waals surface area contributed by atoms with Crippen molar-refractivity contribution in [2.75, 3.05) is 33.2 Å².